The zero-order valence-electron chi connectivity index (χ0n) is 16.6. The topological polar surface area (TPSA) is 71.1 Å². The van der Waals surface area contributed by atoms with Gasteiger partial charge in [-0.25, -0.2) is 4.98 Å². The van der Waals surface area contributed by atoms with Crippen LogP contribution in [0.4, 0.5) is 5.69 Å². The third kappa shape index (κ3) is 5.74. The van der Waals surface area contributed by atoms with Gasteiger partial charge in [-0.1, -0.05) is 41.6 Å². The monoisotopic (exact) mass is 430 g/mol. The summed E-state index contributed by atoms with van der Waals surface area (Å²) in [5, 5.41) is 8.23. The van der Waals surface area contributed by atoms with Gasteiger partial charge in [-0.05, 0) is 56.7 Å². The van der Waals surface area contributed by atoms with E-state index >= 15 is 0 Å². The Balaban J connectivity index is 1.55. The Morgan fingerprint density at radius 2 is 2.00 bits per heavy atom. The van der Waals surface area contributed by atoms with Crippen LogP contribution in [0, 0.1) is 6.92 Å². The average Bonchev–Trinajstić information content (AvgIpc) is 3.16. The van der Waals surface area contributed by atoms with Crippen LogP contribution in [0.5, 0.6) is 5.75 Å². The van der Waals surface area contributed by atoms with Crippen LogP contribution in [0.1, 0.15) is 25.2 Å². The Morgan fingerprint density at radius 1 is 1.24 bits per heavy atom. The minimum atomic E-state index is 0.00967. The lowest BCUT2D eigenvalue weighted by molar-refractivity contribution is -0.116. The van der Waals surface area contributed by atoms with Crippen molar-refractivity contribution in [2.24, 2.45) is 0 Å². The van der Waals surface area contributed by atoms with Crippen LogP contribution in [-0.4, -0.2) is 32.9 Å². The van der Waals surface area contributed by atoms with Crippen LogP contribution < -0.4 is 9.64 Å². The Morgan fingerprint density at radius 3 is 2.69 bits per heavy atom. The Labute approximate surface area is 179 Å². The van der Waals surface area contributed by atoms with E-state index in [0.717, 1.165) is 11.3 Å². The molecule has 152 valence electrons. The number of para-hydroxylation sites is 1. The van der Waals surface area contributed by atoms with E-state index in [-0.39, 0.29) is 24.3 Å². The lowest BCUT2D eigenvalue weighted by atomic mass is 10.2. The van der Waals surface area contributed by atoms with E-state index in [0.29, 0.717) is 21.8 Å². The van der Waals surface area contributed by atoms with Crippen LogP contribution in [0.3, 0.4) is 0 Å². The van der Waals surface area contributed by atoms with Gasteiger partial charge in [0, 0.05) is 16.8 Å². The fourth-order valence-electron chi connectivity index (χ4n) is 2.78. The van der Waals surface area contributed by atoms with Crippen LogP contribution in [0.25, 0.3) is 0 Å². The maximum Gasteiger partial charge on any atom is 0.237 e. The van der Waals surface area contributed by atoms with Crippen molar-refractivity contribution in [3.63, 3.8) is 0 Å². The molecule has 8 heteroatoms. The summed E-state index contributed by atoms with van der Waals surface area (Å²) in [5.41, 5.74) is 1.83. The standard InChI is InChI=1S/C21H23ClN4O2S/c1-14(2)26(16-7-5-4-6-8-16)20(27)13-29-21-23-19(24-25-21)12-28-17-9-10-18(22)15(3)11-17/h4-11,14H,12-13H2,1-3H3,(H,23,24,25). The van der Waals surface area contributed by atoms with Crippen molar-refractivity contribution in [2.75, 3.05) is 10.7 Å². The van der Waals surface area contributed by atoms with Crippen molar-refractivity contribution in [2.45, 2.75) is 38.6 Å². The molecule has 0 aliphatic rings. The van der Waals surface area contributed by atoms with Crippen LogP contribution in [-0.2, 0) is 11.4 Å². The minimum Gasteiger partial charge on any atom is -0.486 e. The number of ether oxygens (including phenoxy) is 1. The lowest BCUT2D eigenvalue weighted by Crippen LogP contribution is -2.38. The molecule has 0 radical (unpaired) electrons. The normalized spacial score (nSPS) is 10.9. The highest BCUT2D eigenvalue weighted by Crippen LogP contribution is 2.22. The number of nitrogens with zero attached hydrogens (tertiary/aromatic N) is 3. The molecule has 29 heavy (non-hydrogen) atoms. The lowest BCUT2D eigenvalue weighted by Gasteiger charge is -2.26. The van der Waals surface area contributed by atoms with E-state index in [2.05, 4.69) is 15.2 Å². The number of carbonyl (C=O) groups is 1. The van der Waals surface area contributed by atoms with Crippen molar-refractivity contribution >= 4 is 35.0 Å². The third-order valence-corrected chi connectivity index (χ3v) is 5.42. The average molecular weight is 431 g/mol. The molecule has 2 aromatic carbocycles. The number of nitrogens with one attached hydrogen (secondary N) is 1. The molecule has 0 aliphatic heterocycles. The summed E-state index contributed by atoms with van der Waals surface area (Å²) < 4.78 is 5.72. The number of aromatic nitrogens is 3. The molecular weight excluding hydrogens is 408 g/mol. The highest BCUT2D eigenvalue weighted by atomic mass is 35.5. The highest BCUT2D eigenvalue weighted by molar-refractivity contribution is 7.99. The summed E-state index contributed by atoms with van der Waals surface area (Å²) in [5.74, 6) is 1.57. The first-order chi connectivity index (χ1) is 13.9. The summed E-state index contributed by atoms with van der Waals surface area (Å²) in [7, 11) is 0. The number of halogens is 1. The fourth-order valence-corrected chi connectivity index (χ4v) is 3.57. The van der Waals surface area contributed by atoms with Gasteiger partial charge < -0.3 is 9.64 Å². The van der Waals surface area contributed by atoms with Crippen molar-refractivity contribution in [1.29, 1.82) is 0 Å². The highest BCUT2D eigenvalue weighted by Gasteiger charge is 2.19. The predicted octanol–water partition coefficient (Wildman–Crippen LogP) is 4.88. The number of hydrogen-bond acceptors (Lipinski definition) is 5. The van der Waals surface area contributed by atoms with Crippen LogP contribution in [0.15, 0.2) is 53.7 Å². The number of aryl methyl sites for hydroxylation is 1. The molecule has 0 unspecified atom stereocenters. The maximum atomic E-state index is 12.7. The number of hydrogen-bond donors (Lipinski definition) is 1. The van der Waals surface area contributed by atoms with Crippen molar-refractivity contribution in [3.05, 3.63) is 64.9 Å². The zero-order chi connectivity index (χ0) is 20.8. The molecule has 0 fully saturated rings. The van der Waals surface area contributed by atoms with Gasteiger partial charge in [0.25, 0.3) is 0 Å². The molecule has 0 saturated heterocycles. The van der Waals surface area contributed by atoms with E-state index < -0.39 is 0 Å². The molecular formula is C21H23ClN4O2S. The number of amides is 1. The van der Waals surface area contributed by atoms with Gasteiger partial charge in [-0.3, -0.25) is 9.89 Å². The number of thioether (sulfide) groups is 1. The van der Waals surface area contributed by atoms with Gasteiger partial charge in [0.2, 0.25) is 11.1 Å². The van der Waals surface area contributed by atoms with Gasteiger partial charge in [0.1, 0.15) is 12.4 Å². The second-order valence-electron chi connectivity index (χ2n) is 6.75. The molecule has 1 amide bonds. The van der Waals surface area contributed by atoms with Crippen LogP contribution >= 0.6 is 23.4 Å². The third-order valence-electron chi connectivity index (χ3n) is 4.16. The van der Waals surface area contributed by atoms with E-state index in [1.54, 1.807) is 11.0 Å². The first-order valence-electron chi connectivity index (χ1n) is 9.24. The SMILES string of the molecule is Cc1cc(OCc2nc(SCC(=O)N(c3ccccc3)C(C)C)n[nH]2)ccc1Cl. The van der Waals surface area contributed by atoms with Gasteiger partial charge in [0.05, 0.1) is 5.75 Å². The quantitative estimate of drug-likeness (QED) is 0.516. The van der Waals surface area contributed by atoms with E-state index in [1.807, 2.05) is 63.2 Å². The van der Waals surface area contributed by atoms with Crippen LogP contribution in [0.2, 0.25) is 5.02 Å². The van der Waals surface area contributed by atoms with Gasteiger partial charge in [0.15, 0.2) is 5.82 Å². The summed E-state index contributed by atoms with van der Waals surface area (Å²) in [6.07, 6.45) is 0. The number of H-pyrrole nitrogens is 1. The van der Waals surface area contributed by atoms with E-state index in [1.165, 1.54) is 11.8 Å². The molecule has 0 spiro atoms. The first kappa shape index (κ1) is 21.2. The minimum absolute atomic E-state index is 0.00967. The predicted molar refractivity (Wildman–Crippen MR) is 117 cm³/mol. The summed E-state index contributed by atoms with van der Waals surface area (Å²) in [4.78, 5) is 18.9. The summed E-state index contributed by atoms with van der Waals surface area (Å²) >= 11 is 7.32. The van der Waals surface area contributed by atoms with Gasteiger partial charge in [-0.2, -0.15) is 0 Å². The van der Waals surface area contributed by atoms with Gasteiger partial charge >= 0.3 is 0 Å². The fraction of sp³-hybridized carbons (Fsp3) is 0.286. The van der Waals surface area contributed by atoms with Crippen molar-refractivity contribution in [3.8, 4) is 5.75 Å². The largest absolute Gasteiger partial charge is 0.486 e. The number of aromatic amines is 1. The second kappa shape index (κ2) is 9.80. The van der Waals surface area contributed by atoms with E-state index in [4.69, 9.17) is 16.3 Å². The van der Waals surface area contributed by atoms with Gasteiger partial charge in [-0.15, -0.1) is 5.10 Å². The number of rotatable bonds is 8. The molecule has 0 bridgehead atoms. The maximum absolute atomic E-state index is 12.7. The molecule has 3 aromatic rings. The van der Waals surface area contributed by atoms with Crippen molar-refractivity contribution < 1.29 is 9.53 Å². The van der Waals surface area contributed by atoms with Crippen molar-refractivity contribution in [1.82, 2.24) is 15.2 Å². The molecule has 6 nitrogen and oxygen atoms in total. The number of benzene rings is 2. The number of carbonyl (C=O) groups excluding carboxylic acids is 1. The second-order valence-corrected chi connectivity index (χ2v) is 8.10. The summed E-state index contributed by atoms with van der Waals surface area (Å²) in [6, 6.07) is 15.2. The zero-order valence-corrected chi connectivity index (χ0v) is 18.1. The molecule has 1 aromatic heterocycles. The smallest absolute Gasteiger partial charge is 0.237 e. The molecule has 0 atom stereocenters. The Hall–Kier alpha value is -2.51. The molecule has 0 saturated carbocycles. The Bertz CT molecular complexity index is 962. The molecule has 1 heterocycles. The summed E-state index contributed by atoms with van der Waals surface area (Å²) in [6.45, 7) is 6.17. The first-order valence-corrected chi connectivity index (χ1v) is 10.6. The number of anilines is 1. The molecule has 0 aliphatic carbocycles. The molecule has 1 N–H and O–H groups in total. The molecule has 3 rings (SSSR count). The Kier molecular flexibility index (Phi) is 7.17. The van der Waals surface area contributed by atoms with E-state index in [9.17, 15) is 4.79 Å².